The molecule has 1 amide bonds. The first kappa shape index (κ1) is 14.0. The van der Waals surface area contributed by atoms with Gasteiger partial charge in [0.2, 0.25) is 5.91 Å². The summed E-state index contributed by atoms with van der Waals surface area (Å²) in [5.41, 5.74) is 1.72. The normalized spacial score (nSPS) is 14.5. The molecule has 1 fully saturated rings. The summed E-state index contributed by atoms with van der Waals surface area (Å²) in [6, 6.07) is 5.66. The smallest absolute Gasteiger partial charge is 0.236 e. The summed E-state index contributed by atoms with van der Waals surface area (Å²) < 4.78 is 13.1. The highest BCUT2D eigenvalue weighted by Crippen LogP contribution is 2.18. The first-order valence-corrected chi connectivity index (χ1v) is 6.78. The Morgan fingerprint density at radius 1 is 1.47 bits per heavy atom. The van der Waals surface area contributed by atoms with Crippen molar-refractivity contribution in [2.45, 2.75) is 32.2 Å². The van der Waals surface area contributed by atoms with Crippen LogP contribution in [0.15, 0.2) is 18.2 Å². The van der Waals surface area contributed by atoms with Crippen molar-refractivity contribution in [3.63, 3.8) is 0 Å². The van der Waals surface area contributed by atoms with Crippen molar-refractivity contribution < 1.29 is 9.18 Å². The second-order valence-electron chi connectivity index (χ2n) is 5.30. The summed E-state index contributed by atoms with van der Waals surface area (Å²) in [6.07, 6.45) is 3.13. The van der Waals surface area contributed by atoms with E-state index in [-0.39, 0.29) is 11.7 Å². The minimum absolute atomic E-state index is 0.116. The minimum atomic E-state index is -0.179. The molecule has 0 unspecified atom stereocenters. The van der Waals surface area contributed by atoms with Crippen LogP contribution in [0.4, 0.5) is 4.39 Å². The van der Waals surface area contributed by atoms with Gasteiger partial charge in [-0.3, -0.25) is 4.79 Å². The van der Waals surface area contributed by atoms with Gasteiger partial charge in [0, 0.05) is 19.6 Å². The third kappa shape index (κ3) is 4.31. The highest BCUT2D eigenvalue weighted by molar-refractivity contribution is 5.78. The van der Waals surface area contributed by atoms with Crippen LogP contribution in [-0.2, 0) is 11.2 Å². The lowest BCUT2D eigenvalue weighted by Gasteiger charge is -2.17. The van der Waals surface area contributed by atoms with E-state index in [0.29, 0.717) is 24.7 Å². The Kier molecular flexibility index (Phi) is 4.53. The average Bonchev–Trinajstić information content (AvgIpc) is 3.21. The van der Waals surface area contributed by atoms with E-state index in [1.54, 1.807) is 17.9 Å². The molecule has 2 rings (SSSR count). The maximum atomic E-state index is 13.1. The van der Waals surface area contributed by atoms with Crippen LogP contribution in [0.1, 0.15) is 24.0 Å². The van der Waals surface area contributed by atoms with Crippen LogP contribution in [0, 0.1) is 12.7 Å². The van der Waals surface area contributed by atoms with E-state index in [4.69, 9.17) is 0 Å². The molecule has 1 saturated carbocycles. The lowest BCUT2D eigenvalue weighted by atomic mass is 10.1. The number of halogens is 1. The van der Waals surface area contributed by atoms with Crippen LogP contribution in [0.2, 0.25) is 0 Å². The molecule has 0 atom stereocenters. The van der Waals surface area contributed by atoms with E-state index in [1.807, 2.05) is 13.1 Å². The fourth-order valence-electron chi connectivity index (χ4n) is 1.94. The van der Waals surface area contributed by atoms with Gasteiger partial charge in [-0.2, -0.15) is 0 Å². The van der Waals surface area contributed by atoms with Gasteiger partial charge in [0.1, 0.15) is 5.82 Å². The van der Waals surface area contributed by atoms with Crippen molar-refractivity contribution in [3.05, 3.63) is 35.1 Å². The van der Waals surface area contributed by atoms with Crippen LogP contribution >= 0.6 is 0 Å². The molecule has 0 heterocycles. The zero-order valence-electron chi connectivity index (χ0n) is 11.6. The predicted molar refractivity (Wildman–Crippen MR) is 73.5 cm³/mol. The number of hydrogen-bond donors (Lipinski definition) is 1. The van der Waals surface area contributed by atoms with Crippen molar-refractivity contribution in [2.75, 3.05) is 20.1 Å². The Morgan fingerprint density at radius 2 is 2.21 bits per heavy atom. The molecule has 19 heavy (non-hydrogen) atoms. The zero-order valence-corrected chi connectivity index (χ0v) is 11.6. The summed E-state index contributed by atoms with van der Waals surface area (Å²) in [6.45, 7) is 2.84. The Hall–Kier alpha value is -1.42. The molecule has 1 aromatic rings. The molecule has 0 aliphatic heterocycles. The number of rotatable bonds is 6. The quantitative estimate of drug-likeness (QED) is 0.851. The predicted octanol–water partition coefficient (Wildman–Crippen LogP) is 1.89. The van der Waals surface area contributed by atoms with E-state index in [1.165, 1.54) is 18.9 Å². The minimum Gasteiger partial charge on any atom is -0.344 e. The van der Waals surface area contributed by atoms with Crippen LogP contribution in [0.3, 0.4) is 0 Å². The van der Waals surface area contributed by atoms with Gasteiger partial charge in [0.05, 0.1) is 6.54 Å². The monoisotopic (exact) mass is 264 g/mol. The van der Waals surface area contributed by atoms with E-state index >= 15 is 0 Å². The summed E-state index contributed by atoms with van der Waals surface area (Å²) in [5, 5.41) is 3.21. The SMILES string of the molecule is Cc1cc(CCN(C)C(=O)CNC2CC2)ccc1F. The van der Waals surface area contributed by atoms with Crippen molar-refractivity contribution in [1.29, 1.82) is 0 Å². The van der Waals surface area contributed by atoms with E-state index < -0.39 is 0 Å². The van der Waals surface area contributed by atoms with E-state index in [0.717, 1.165) is 12.0 Å². The Bertz CT molecular complexity index is 457. The largest absolute Gasteiger partial charge is 0.344 e. The molecule has 1 N–H and O–H groups in total. The van der Waals surface area contributed by atoms with E-state index in [2.05, 4.69) is 5.32 Å². The molecule has 1 aliphatic carbocycles. The number of nitrogens with zero attached hydrogens (tertiary/aromatic N) is 1. The van der Waals surface area contributed by atoms with Gasteiger partial charge in [-0.25, -0.2) is 4.39 Å². The van der Waals surface area contributed by atoms with Crippen LogP contribution < -0.4 is 5.32 Å². The lowest BCUT2D eigenvalue weighted by molar-refractivity contribution is -0.128. The van der Waals surface area contributed by atoms with E-state index in [9.17, 15) is 9.18 Å². The van der Waals surface area contributed by atoms with Crippen molar-refractivity contribution in [2.24, 2.45) is 0 Å². The number of likely N-dealkylation sites (N-methyl/N-ethyl adjacent to an activating group) is 1. The molecular formula is C15H21FN2O. The fraction of sp³-hybridized carbons (Fsp3) is 0.533. The first-order chi connectivity index (χ1) is 9.06. The molecule has 104 valence electrons. The Balaban J connectivity index is 1.76. The van der Waals surface area contributed by atoms with Crippen LogP contribution in [-0.4, -0.2) is 37.0 Å². The van der Waals surface area contributed by atoms with Crippen molar-refractivity contribution in [3.8, 4) is 0 Å². The summed E-state index contributed by atoms with van der Waals surface area (Å²) in [5.74, 6) is -0.0625. The van der Waals surface area contributed by atoms with Gasteiger partial charge in [-0.05, 0) is 43.4 Å². The highest BCUT2D eigenvalue weighted by Gasteiger charge is 2.21. The number of aryl methyl sites for hydroxylation is 1. The molecule has 0 saturated heterocycles. The summed E-state index contributed by atoms with van der Waals surface area (Å²) >= 11 is 0. The second-order valence-corrected chi connectivity index (χ2v) is 5.30. The van der Waals surface area contributed by atoms with Gasteiger partial charge in [0.15, 0.2) is 0 Å². The Labute approximate surface area is 113 Å². The summed E-state index contributed by atoms with van der Waals surface area (Å²) in [4.78, 5) is 13.6. The molecule has 0 spiro atoms. The molecule has 3 nitrogen and oxygen atoms in total. The third-order valence-electron chi connectivity index (χ3n) is 3.50. The molecule has 0 radical (unpaired) electrons. The standard InChI is InChI=1S/C15H21FN2O/c1-11-9-12(3-6-14(11)16)7-8-18(2)15(19)10-17-13-4-5-13/h3,6,9,13,17H,4-5,7-8,10H2,1-2H3. The number of carbonyl (C=O) groups is 1. The lowest BCUT2D eigenvalue weighted by Crippen LogP contribution is -2.37. The maximum absolute atomic E-state index is 13.1. The number of benzene rings is 1. The molecule has 1 aliphatic rings. The van der Waals surface area contributed by atoms with Gasteiger partial charge >= 0.3 is 0 Å². The molecule has 4 heteroatoms. The molecule has 0 aromatic heterocycles. The molecule has 1 aromatic carbocycles. The third-order valence-corrected chi connectivity index (χ3v) is 3.50. The number of hydrogen-bond acceptors (Lipinski definition) is 2. The zero-order chi connectivity index (χ0) is 13.8. The average molecular weight is 264 g/mol. The van der Waals surface area contributed by atoms with Gasteiger partial charge in [-0.1, -0.05) is 12.1 Å². The summed E-state index contributed by atoms with van der Waals surface area (Å²) in [7, 11) is 1.81. The van der Waals surface area contributed by atoms with Gasteiger partial charge in [-0.15, -0.1) is 0 Å². The maximum Gasteiger partial charge on any atom is 0.236 e. The van der Waals surface area contributed by atoms with Gasteiger partial charge in [0.25, 0.3) is 0 Å². The molecular weight excluding hydrogens is 243 g/mol. The van der Waals surface area contributed by atoms with Crippen molar-refractivity contribution in [1.82, 2.24) is 10.2 Å². The Morgan fingerprint density at radius 3 is 2.84 bits per heavy atom. The van der Waals surface area contributed by atoms with Crippen molar-refractivity contribution >= 4 is 5.91 Å². The van der Waals surface area contributed by atoms with Gasteiger partial charge < -0.3 is 10.2 Å². The highest BCUT2D eigenvalue weighted by atomic mass is 19.1. The van der Waals surface area contributed by atoms with Crippen LogP contribution in [0.25, 0.3) is 0 Å². The number of amides is 1. The topological polar surface area (TPSA) is 32.3 Å². The fourth-order valence-corrected chi connectivity index (χ4v) is 1.94. The second kappa shape index (κ2) is 6.15. The number of nitrogens with one attached hydrogen (secondary N) is 1. The first-order valence-electron chi connectivity index (χ1n) is 6.78. The van der Waals surface area contributed by atoms with Crippen LogP contribution in [0.5, 0.6) is 0 Å². The molecule has 0 bridgehead atoms. The number of carbonyl (C=O) groups excluding carboxylic acids is 1.